The highest BCUT2D eigenvalue weighted by atomic mass is 15.2. The van der Waals surface area contributed by atoms with Crippen molar-refractivity contribution in [3.63, 3.8) is 0 Å². The van der Waals surface area contributed by atoms with Crippen LogP contribution in [0, 0.1) is 18.3 Å². The van der Waals surface area contributed by atoms with E-state index in [-0.39, 0.29) is 0 Å². The lowest BCUT2D eigenvalue weighted by atomic mass is 10.2. The third kappa shape index (κ3) is 2.88. The molecule has 2 heterocycles. The van der Waals surface area contributed by atoms with E-state index in [0.29, 0.717) is 17.2 Å². The molecule has 3 rings (SSSR count). The van der Waals surface area contributed by atoms with E-state index < -0.39 is 0 Å². The summed E-state index contributed by atoms with van der Waals surface area (Å²) in [6.07, 6.45) is 3.44. The van der Waals surface area contributed by atoms with Gasteiger partial charge in [0, 0.05) is 11.9 Å². The number of nitrogens with one attached hydrogen (secondary N) is 3. The van der Waals surface area contributed by atoms with Crippen LogP contribution in [-0.4, -0.2) is 21.4 Å². The van der Waals surface area contributed by atoms with E-state index >= 15 is 0 Å². The Bertz CT molecular complexity index is 836. The van der Waals surface area contributed by atoms with Crippen LogP contribution in [0.15, 0.2) is 47.6 Å². The van der Waals surface area contributed by atoms with Crippen LogP contribution in [0.1, 0.15) is 16.8 Å². The predicted molar refractivity (Wildman–Crippen MR) is 85.8 cm³/mol. The molecular formula is C16H14N6. The van der Waals surface area contributed by atoms with E-state index in [1.807, 2.05) is 49.5 Å². The van der Waals surface area contributed by atoms with Crippen LogP contribution >= 0.6 is 0 Å². The van der Waals surface area contributed by atoms with E-state index in [0.717, 1.165) is 16.9 Å². The maximum absolute atomic E-state index is 9.35. The Kier molecular flexibility index (Phi) is 3.70. The molecule has 0 aliphatic rings. The molecular weight excluding hydrogens is 276 g/mol. The molecule has 6 nitrogen and oxygen atoms in total. The molecule has 0 unspecified atom stereocenters. The average molecular weight is 290 g/mol. The third-order valence-corrected chi connectivity index (χ3v) is 3.09. The zero-order chi connectivity index (χ0) is 15.4. The van der Waals surface area contributed by atoms with Crippen molar-refractivity contribution < 1.29 is 0 Å². The van der Waals surface area contributed by atoms with Crippen molar-refractivity contribution >= 4 is 23.5 Å². The molecule has 0 aliphatic heterocycles. The van der Waals surface area contributed by atoms with Crippen molar-refractivity contribution in [1.29, 1.82) is 5.26 Å². The molecule has 0 bridgehead atoms. The van der Waals surface area contributed by atoms with Crippen molar-refractivity contribution in [2.45, 2.75) is 6.92 Å². The molecule has 0 saturated carbocycles. The maximum atomic E-state index is 9.35. The van der Waals surface area contributed by atoms with Crippen LogP contribution in [0.25, 0.3) is 0 Å². The monoisotopic (exact) mass is 290 g/mol. The normalized spacial score (nSPS) is 10.7. The van der Waals surface area contributed by atoms with Gasteiger partial charge in [0.15, 0.2) is 5.82 Å². The highest BCUT2D eigenvalue weighted by Crippen LogP contribution is 2.25. The number of rotatable bonds is 4. The van der Waals surface area contributed by atoms with Crippen molar-refractivity contribution in [3.05, 3.63) is 59.4 Å². The van der Waals surface area contributed by atoms with Crippen molar-refractivity contribution in [2.24, 2.45) is 4.99 Å². The van der Waals surface area contributed by atoms with Crippen molar-refractivity contribution in [2.75, 3.05) is 5.32 Å². The van der Waals surface area contributed by atoms with E-state index in [9.17, 15) is 5.26 Å². The Morgan fingerprint density at radius 3 is 2.95 bits per heavy atom. The standard InChI is InChI=1S/C16H14N6/c1-11-4-2-5-12(8-11)20-16-14(9-17)15(21-22-16)19-10-13-6-3-7-18-13/h2-8,10,18H,1H3,(H2,20,21,22). The first-order valence-electron chi connectivity index (χ1n) is 6.76. The summed E-state index contributed by atoms with van der Waals surface area (Å²) in [5, 5.41) is 19.4. The predicted octanol–water partition coefficient (Wildman–Crippen LogP) is 3.41. The number of aromatic amines is 2. The van der Waals surface area contributed by atoms with Crippen LogP contribution in [0.5, 0.6) is 0 Å². The van der Waals surface area contributed by atoms with Gasteiger partial charge in [0.25, 0.3) is 0 Å². The zero-order valence-electron chi connectivity index (χ0n) is 12.0. The van der Waals surface area contributed by atoms with E-state index in [4.69, 9.17) is 0 Å². The fourth-order valence-corrected chi connectivity index (χ4v) is 2.04. The number of benzene rings is 1. The number of aromatic nitrogens is 3. The van der Waals surface area contributed by atoms with E-state index in [1.165, 1.54) is 0 Å². The SMILES string of the molecule is Cc1cccc(Nc2[nH]nc(N=Cc3ccc[nH]3)c2C#N)c1. The Morgan fingerprint density at radius 2 is 2.23 bits per heavy atom. The quantitative estimate of drug-likeness (QED) is 0.643. The van der Waals surface area contributed by atoms with Gasteiger partial charge < -0.3 is 10.3 Å². The molecule has 22 heavy (non-hydrogen) atoms. The van der Waals surface area contributed by atoms with Crippen LogP contribution in [0.3, 0.4) is 0 Å². The summed E-state index contributed by atoms with van der Waals surface area (Å²) in [5.41, 5.74) is 3.25. The largest absolute Gasteiger partial charge is 0.360 e. The Labute approximate surface area is 127 Å². The molecule has 0 radical (unpaired) electrons. The number of H-pyrrole nitrogens is 2. The number of aryl methyl sites for hydroxylation is 1. The van der Waals surface area contributed by atoms with Crippen LogP contribution in [0.4, 0.5) is 17.3 Å². The Morgan fingerprint density at radius 1 is 1.32 bits per heavy atom. The van der Waals surface area contributed by atoms with Gasteiger partial charge in [-0.15, -0.1) is 0 Å². The summed E-state index contributed by atoms with van der Waals surface area (Å²) in [6, 6.07) is 13.8. The topological polar surface area (TPSA) is 92.7 Å². The molecule has 6 heteroatoms. The highest BCUT2D eigenvalue weighted by molar-refractivity contribution is 5.81. The summed E-state index contributed by atoms with van der Waals surface area (Å²) >= 11 is 0. The molecule has 3 N–H and O–H groups in total. The van der Waals surface area contributed by atoms with Crippen LogP contribution < -0.4 is 5.32 Å². The van der Waals surface area contributed by atoms with Gasteiger partial charge in [0.1, 0.15) is 17.5 Å². The Balaban J connectivity index is 1.86. The van der Waals surface area contributed by atoms with Crippen molar-refractivity contribution in [3.8, 4) is 6.07 Å². The van der Waals surface area contributed by atoms with Gasteiger partial charge in [-0.2, -0.15) is 10.4 Å². The van der Waals surface area contributed by atoms with Gasteiger partial charge in [-0.25, -0.2) is 4.99 Å². The molecule has 0 atom stereocenters. The summed E-state index contributed by atoms with van der Waals surface area (Å²) in [7, 11) is 0. The summed E-state index contributed by atoms with van der Waals surface area (Å²) in [4.78, 5) is 7.25. The van der Waals surface area contributed by atoms with Crippen LogP contribution in [-0.2, 0) is 0 Å². The second-order valence-electron chi connectivity index (χ2n) is 4.79. The third-order valence-electron chi connectivity index (χ3n) is 3.09. The number of aliphatic imine (C=N–C) groups is 1. The number of anilines is 2. The summed E-state index contributed by atoms with van der Waals surface area (Å²) in [5.74, 6) is 0.888. The molecule has 0 spiro atoms. The molecule has 0 saturated heterocycles. The van der Waals surface area contributed by atoms with Gasteiger partial charge in [0.05, 0.1) is 11.9 Å². The fraction of sp³-hybridized carbons (Fsp3) is 0.0625. The highest BCUT2D eigenvalue weighted by Gasteiger charge is 2.12. The van der Waals surface area contributed by atoms with Crippen LogP contribution in [0.2, 0.25) is 0 Å². The lowest BCUT2D eigenvalue weighted by Gasteiger charge is -2.04. The van der Waals surface area contributed by atoms with E-state index in [2.05, 4.69) is 31.6 Å². The minimum Gasteiger partial charge on any atom is -0.360 e. The van der Waals surface area contributed by atoms with Gasteiger partial charge in [-0.1, -0.05) is 12.1 Å². The fourth-order valence-electron chi connectivity index (χ4n) is 2.04. The second kappa shape index (κ2) is 5.97. The number of hydrogen-bond acceptors (Lipinski definition) is 4. The van der Waals surface area contributed by atoms with Gasteiger partial charge in [0.2, 0.25) is 0 Å². The number of nitriles is 1. The number of nitrogens with zero attached hydrogens (tertiary/aromatic N) is 3. The molecule has 3 aromatic rings. The first-order valence-corrected chi connectivity index (χ1v) is 6.76. The van der Waals surface area contributed by atoms with Crippen molar-refractivity contribution in [1.82, 2.24) is 15.2 Å². The molecule has 0 fully saturated rings. The molecule has 2 aromatic heterocycles. The first kappa shape index (κ1) is 13.6. The average Bonchev–Trinajstić information content (AvgIpc) is 3.14. The van der Waals surface area contributed by atoms with Gasteiger partial charge >= 0.3 is 0 Å². The maximum Gasteiger partial charge on any atom is 0.193 e. The lowest BCUT2D eigenvalue weighted by molar-refractivity contribution is 1.09. The van der Waals surface area contributed by atoms with Gasteiger partial charge in [-0.05, 0) is 36.8 Å². The first-order chi connectivity index (χ1) is 10.8. The summed E-state index contributed by atoms with van der Waals surface area (Å²) < 4.78 is 0. The number of hydrogen-bond donors (Lipinski definition) is 3. The molecule has 108 valence electrons. The molecule has 0 aliphatic carbocycles. The summed E-state index contributed by atoms with van der Waals surface area (Å²) in [6.45, 7) is 2.01. The minimum absolute atomic E-state index is 0.354. The molecule has 0 amide bonds. The second-order valence-corrected chi connectivity index (χ2v) is 4.79. The smallest absolute Gasteiger partial charge is 0.193 e. The Hall–Kier alpha value is -3.33. The lowest BCUT2D eigenvalue weighted by Crippen LogP contribution is -1.93. The molecule has 1 aromatic carbocycles. The van der Waals surface area contributed by atoms with E-state index in [1.54, 1.807) is 6.21 Å². The minimum atomic E-state index is 0.354. The van der Waals surface area contributed by atoms with Gasteiger partial charge in [-0.3, -0.25) is 5.10 Å². The zero-order valence-corrected chi connectivity index (χ0v) is 12.0.